The maximum absolute atomic E-state index is 12.1. The number of amides is 1. The second-order valence-corrected chi connectivity index (χ2v) is 6.63. The molecule has 1 aliphatic heterocycles. The fourth-order valence-electron chi connectivity index (χ4n) is 2.46. The number of aromatic nitrogens is 1. The van der Waals surface area contributed by atoms with Crippen molar-refractivity contribution < 1.29 is 9.53 Å². The highest BCUT2D eigenvalue weighted by Gasteiger charge is 2.29. The van der Waals surface area contributed by atoms with Crippen molar-refractivity contribution in [2.45, 2.75) is 46.3 Å². The van der Waals surface area contributed by atoms with Crippen LogP contribution in [0.2, 0.25) is 0 Å². The Hall–Kier alpha value is -1.78. The summed E-state index contributed by atoms with van der Waals surface area (Å²) >= 11 is 0. The summed E-state index contributed by atoms with van der Waals surface area (Å²) in [5.41, 5.74) is 1.67. The topological polar surface area (TPSA) is 45.7 Å². The average Bonchev–Trinajstić information content (AvgIpc) is 2.38. The predicted molar refractivity (Wildman–Crippen MR) is 83.6 cm³/mol. The summed E-state index contributed by atoms with van der Waals surface area (Å²) in [7, 11) is 0. The highest BCUT2D eigenvalue weighted by molar-refractivity contribution is 5.68. The maximum Gasteiger partial charge on any atom is 0.410 e. The molecule has 0 N–H and O–H groups in total. The molecule has 2 rings (SSSR count). The number of piperazine rings is 1. The van der Waals surface area contributed by atoms with E-state index in [4.69, 9.17) is 4.74 Å². The molecule has 0 radical (unpaired) electrons. The number of hydrogen-bond acceptors (Lipinski definition) is 4. The van der Waals surface area contributed by atoms with Gasteiger partial charge in [-0.05, 0) is 46.8 Å². The normalized spacial score (nSPS) is 19.6. The Morgan fingerprint density at radius 1 is 1.33 bits per heavy atom. The molecule has 0 aromatic carbocycles. The zero-order chi connectivity index (χ0) is 15.6. The molecule has 0 aliphatic carbocycles. The number of carbonyl (C=O) groups excluding carboxylic acids is 1. The number of ether oxygens (including phenoxy) is 1. The van der Waals surface area contributed by atoms with Gasteiger partial charge in [0.1, 0.15) is 5.60 Å². The molecule has 2 heterocycles. The number of pyridine rings is 1. The van der Waals surface area contributed by atoms with Gasteiger partial charge < -0.3 is 14.5 Å². The molecule has 1 saturated heterocycles. The van der Waals surface area contributed by atoms with Crippen LogP contribution < -0.4 is 4.90 Å². The van der Waals surface area contributed by atoms with Crippen molar-refractivity contribution in [3.8, 4) is 0 Å². The van der Waals surface area contributed by atoms with E-state index in [-0.39, 0.29) is 12.1 Å². The van der Waals surface area contributed by atoms with Gasteiger partial charge in [-0.1, -0.05) is 0 Å². The molecular weight excluding hydrogens is 266 g/mol. The number of nitrogens with zero attached hydrogens (tertiary/aromatic N) is 3. The lowest BCUT2D eigenvalue weighted by Crippen LogP contribution is -2.54. The Morgan fingerprint density at radius 2 is 2.05 bits per heavy atom. The summed E-state index contributed by atoms with van der Waals surface area (Å²) in [5.74, 6) is 0. The molecular formula is C16H25N3O2. The minimum atomic E-state index is -0.446. The van der Waals surface area contributed by atoms with E-state index in [1.165, 1.54) is 0 Å². The van der Waals surface area contributed by atoms with Crippen LogP contribution in [0.25, 0.3) is 0 Å². The molecule has 1 aromatic heterocycles. The quantitative estimate of drug-likeness (QED) is 0.798. The molecule has 116 valence electrons. The van der Waals surface area contributed by atoms with Crippen molar-refractivity contribution in [1.82, 2.24) is 9.88 Å². The summed E-state index contributed by atoms with van der Waals surface area (Å²) < 4.78 is 5.44. The van der Waals surface area contributed by atoms with E-state index in [0.717, 1.165) is 17.9 Å². The number of hydrogen-bond donors (Lipinski definition) is 0. The minimum Gasteiger partial charge on any atom is -0.444 e. The molecule has 5 heteroatoms. The molecule has 0 spiro atoms. The van der Waals surface area contributed by atoms with E-state index < -0.39 is 5.60 Å². The van der Waals surface area contributed by atoms with Gasteiger partial charge in [-0.15, -0.1) is 0 Å². The van der Waals surface area contributed by atoms with Crippen LogP contribution in [0.5, 0.6) is 0 Å². The van der Waals surface area contributed by atoms with Crippen LogP contribution in [-0.2, 0) is 4.74 Å². The van der Waals surface area contributed by atoms with E-state index in [9.17, 15) is 4.79 Å². The summed E-state index contributed by atoms with van der Waals surface area (Å²) in [5, 5.41) is 0. The van der Waals surface area contributed by atoms with Gasteiger partial charge in [0.15, 0.2) is 0 Å². The minimum absolute atomic E-state index is 0.226. The second kappa shape index (κ2) is 5.92. The van der Waals surface area contributed by atoms with Crippen LogP contribution in [0.1, 0.15) is 33.4 Å². The van der Waals surface area contributed by atoms with Crippen molar-refractivity contribution in [2.75, 3.05) is 24.5 Å². The van der Waals surface area contributed by atoms with Crippen molar-refractivity contribution in [3.63, 3.8) is 0 Å². The standard InChI is InChI=1S/C16H25N3O2/c1-12-6-7-14(10-17-12)19-9-8-18(11-13(19)2)15(20)21-16(3,4)5/h6-7,10,13H,8-9,11H2,1-5H3/t13-/m0/s1. The van der Waals surface area contributed by atoms with E-state index in [1.807, 2.05) is 40.0 Å². The third-order valence-corrected chi connectivity index (χ3v) is 3.51. The fraction of sp³-hybridized carbons (Fsp3) is 0.625. The van der Waals surface area contributed by atoms with Gasteiger partial charge >= 0.3 is 6.09 Å². The Kier molecular flexibility index (Phi) is 4.40. The van der Waals surface area contributed by atoms with Crippen molar-refractivity contribution in [3.05, 3.63) is 24.0 Å². The summed E-state index contributed by atoms with van der Waals surface area (Å²) in [6.07, 6.45) is 1.67. The van der Waals surface area contributed by atoms with Gasteiger partial charge in [0.2, 0.25) is 0 Å². The molecule has 0 bridgehead atoms. The fourth-order valence-corrected chi connectivity index (χ4v) is 2.46. The summed E-state index contributed by atoms with van der Waals surface area (Å²) in [4.78, 5) is 20.5. The van der Waals surface area contributed by atoms with Crippen molar-refractivity contribution >= 4 is 11.8 Å². The lowest BCUT2D eigenvalue weighted by atomic mass is 10.1. The monoisotopic (exact) mass is 291 g/mol. The Balaban J connectivity index is 1.99. The van der Waals surface area contributed by atoms with Crippen LogP contribution in [0.4, 0.5) is 10.5 Å². The first-order valence-electron chi connectivity index (χ1n) is 7.43. The number of anilines is 1. The van der Waals surface area contributed by atoms with Gasteiger partial charge in [0.05, 0.1) is 11.9 Å². The molecule has 1 amide bonds. The van der Waals surface area contributed by atoms with Crippen LogP contribution in [0.15, 0.2) is 18.3 Å². The lowest BCUT2D eigenvalue weighted by Gasteiger charge is -2.41. The third-order valence-electron chi connectivity index (χ3n) is 3.51. The molecule has 5 nitrogen and oxygen atoms in total. The molecule has 1 aromatic rings. The van der Waals surface area contributed by atoms with Crippen LogP contribution >= 0.6 is 0 Å². The van der Waals surface area contributed by atoms with Gasteiger partial charge in [0.25, 0.3) is 0 Å². The van der Waals surface area contributed by atoms with Crippen molar-refractivity contribution in [1.29, 1.82) is 0 Å². The number of aryl methyl sites for hydroxylation is 1. The van der Waals surface area contributed by atoms with Crippen LogP contribution in [0.3, 0.4) is 0 Å². The molecule has 1 atom stereocenters. The SMILES string of the molecule is Cc1ccc(N2CCN(C(=O)OC(C)(C)C)C[C@@H]2C)cn1. The van der Waals surface area contributed by atoms with Gasteiger partial charge in [-0.25, -0.2) is 4.79 Å². The molecule has 0 saturated carbocycles. The lowest BCUT2D eigenvalue weighted by molar-refractivity contribution is 0.0219. The number of rotatable bonds is 1. The first-order valence-corrected chi connectivity index (χ1v) is 7.43. The van der Waals surface area contributed by atoms with E-state index in [1.54, 1.807) is 4.90 Å². The Morgan fingerprint density at radius 3 is 2.57 bits per heavy atom. The number of carbonyl (C=O) groups is 1. The Labute approximate surface area is 126 Å². The molecule has 0 unspecified atom stereocenters. The average molecular weight is 291 g/mol. The van der Waals surface area contributed by atoms with Crippen LogP contribution in [-0.4, -0.2) is 47.3 Å². The van der Waals surface area contributed by atoms with Gasteiger partial charge in [-0.2, -0.15) is 0 Å². The van der Waals surface area contributed by atoms with Crippen molar-refractivity contribution in [2.24, 2.45) is 0 Å². The third kappa shape index (κ3) is 4.09. The maximum atomic E-state index is 12.1. The zero-order valence-corrected chi connectivity index (χ0v) is 13.6. The first-order chi connectivity index (χ1) is 9.76. The van der Waals surface area contributed by atoms with E-state index in [2.05, 4.69) is 22.9 Å². The first kappa shape index (κ1) is 15.6. The smallest absolute Gasteiger partial charge is 0.410 e. The zero-order valence-electron chi connectivity index (χ0n) is 13.6. The second-order valence-electron chi connectivity index (χ2n) is 6.63. The highest BCUT2D eigenvalue weighted by atomic mass is 16.6. The van der Waals surface area contributed by atoms with E-state index in [0.29, 0.717) is 13.1 Å². The van der Waals surface area contributed by atoms with Crippen LogP contribution in [0, 0.1) is 6.92 Å². The largest absolute Gasteiger partial charge is 0.444 e. The van der Waals surface area contributed by atoms with Gasteiger partial charge in [-0.3, -0.25) is 4.98 Å². The van der Waals surface area contributed by atoms with E-state index >= 15 is 0 Å². The summed E-state index contributed by atoms with van der Waals surface area (Å²) in [6, 6.07) is 4.35. The molecule has 21 heavy (non-hydrogen) atoms. The van der Waals surface area contributed by atoms with Gasteiger partial charge in [0, 0.05) is 31.4 Å². The predicted octanol–water partition coefficient (Wildman–Crippen LogP) is 2.84. The molecule has 1 aliphatic rings. The Bertz CT molecular complexity index is 493. The summed E-state index contributed by atoms with van der Waals surface area (Å²) in [6.45, 7) is 11.9. The highest BCUT2D eigenvalue weighted by Crippen LogP contribution is 2.21. The molecule has 1 fully saturated rings.